The average Bonchev–Trinajstić information content (AvgIpc) is 2.81. The maximum absolute atomic E-state index is 13.1. The predicted molar refractivity (Wildman–Crippen MR) is 123 cm³/mol. The van der Waals surface area contributed by atoms with Crippen LogP contribution in [0.1, 0.15) is 12.6 Å². The number of aromatic nitrogens is 3. The molecule has 0 bridgehead atoms. The first-order valence-corrected chi connectivity index (χ1v) is 11.5. The molecular formula is C24H22N4O3S. The van der Waals surface area contributed by atoms with Crippen molar-refractivity contribution in [1.82, 2.24) is 15.0 Å². The second-order valence-electron chi connectivity index (χ2n) is 6.99. The average molecular weight is 447 g/mol. The van der Waals surface area contributed by atoms with Gasteiger partial charge in [0.15, 0.2) is 5.82 Å². The van der Waals surface area contributed by atoms with Crippen molar-refractivity contribution in [2.45, 2.75) is 18.7 Å². The van der Waals surface area contributed by atoms with Crippen LogP contribution in [-0.4, -0.2) is 29.9 Å². The van der Waals surface area contributed by atoms with E-state index in [1.165, 1.54) is 16.4 Å². The second kappa shape index (κ2) is 9.15. The molecule has 8 heteroatoms. The summed E-state index contributed by atoms with van der Waals surface area (Å²) in [4.78, 5) is 13.1. The number of aryl methyl sites for hydroxylation is 1. The smallest absolute Gasteiger partial charge is 0.264 e. The summed E-state index contributed by atoms with van der Waals surface area (Å²) in [6.45, 7) is 3.99. The molecule has 4 aromatic rings. The first-order valence-electron chi connectivity index (χ1n) is 10.1. The zero-order valence-electron chi connectivity index (χ0n) is 17.7. The molecule has 0 unspecified atom stereocenters. The highest BCUT2D eigenvalue weighted by molar-refractivity contribution is 7.92. The molecule has 2 heterocycles. The maximum atomic E-state index is 13.1. The molecule has 0 amide bonds. The lowest BCUT2D eigenvalue weighted by Crippen LogP contribution is -2.30. The number of pyridine rings is 1. The molecule has 0 aliphatic heterocycles. The van der Waals surface area contributed by atoms with Crippen LogP contribution in [-0.2, 0) is 10.0 Å². The minimum atomic E-state index is -3.70. The largest absolute Gasteiger partial charge is 0.439 e. The minimum Gasteiger partial charge on any atom is -0.439 e. The summed E-state index contributed by atoms with van der Waals surface area (Å²) < 4.78 is 33.5. The Hall–Kier alpha value is -3.78. The number of nitrogens with zero attached hydrogens (tertiary/aromatic N) is 4. The monoisotopic (exact) mass is 446 g/mol. The molecule has 7 nitrogen and oxygen atoms in total. The zero-order chi connectivity index (χ0) is 22.6. The SMILES string of the molecule is CCN(c1ccccc1)S(=O)(=O)c1ccc(Oc2cc(C)nc(-c3ccncc3)n2)cc1. The molecule has 2 aromatic heterocycles. The third-order valence-corrected chi connectivity index (χ3v) is 6.65. The van der Waals surface area contributed by atoms with Crippen LogP contribution in [0.25, 0.3) is 11.4 Å². The van der Waals surface area contributed by atoms with Crippen LogP contribution in [0.4, 0.5) is 5.69 Å². The van der Waals surface area contributed by atoms with Gasteiger partial charge in [0.25, 0.3) is 10.0 Å². The van der Waals surface area contributed by atoms with Gasteiger partial charge in [0.1, 0.15) is 5.75 Å². The van der Waals surface area contributed by atoms with Crippen molar-refractivity contribution in [3.8, 4) is 23.0 Å². The van der Waals surface area contributed by atoms with Gasteiger partial charge >= 0.3 is 0 Å². The quantitative estimate of drug-likeness (QED) is 0.403. The van der Waals surface area contributed by atoms with Gasteiger partial charge in [0.05, 0.1) is 10.6 Å². The number of benzene rings is 2. The highest BCUT2D eigenvalue weighted by Gasteiger charge is 2.23. The molecule has 0 N–H and O–H groups in total. The number of rotatable bonds is 7. The van der Waals surface area contributed by atoms with E-state index in [9.17, 15) is 8.42 Å². The fourth-order valence-electron chi connectivity index (χ4n) is 3.24. The van der Waals surface area contributed by atoms with Crippen LogP contribution in [0, 0.1) is 6.92 Å². The Balaban J connectivity index is 1.58. The normalized spacial score (nSPS) is 11.2. The van der Waals surface area contributed by atoms with E-state index in [1.807, 2.05) is 37.3 Å². The Labute approximate surface area is 187 Å². The highest BCUT2D eigenvalue weighted by atomic mass is 32.2. The third-order valence-electron chi connectivity index (χ3n) is 4.73. The van der Waals surface area contributed by atoms with E-state index in [0.717, 1.165) is 11.3 Å². The Morgan fingerprint density at radius 2 is 1.59 bits per heavy atom. The van der Waals surface area contributed by atoms with Gasteiger partial charge in [-0.05, 0) is 62.4 Å². The molecule has 0 atom stereocenters. The number of sulfonamides is 1. The van der Waals surface area contributed by atoms with E-state index in [4.69, 9.17) is 4.74 Å². The summed E-state index contributed by atoms with van der Waals surface area (Å²) in [6.07, 6.45) is 3.35. The van der Waals surface area contributed by atoms with E-state index in [1.54, 1.807) is 49.6 Å². The third kappa shape index (κ3) is 4.60. The number of para-hydroxylation sites is 1. The fourth-order valence-corrected chi connectivity index (χ4v) is 4.71. The lowest BCUT2D eigenvalue weighted by molar-refractivity contribution is 0.461. The number of hydrogen-bond donors (Lipinski definition) is 0. The standard InChI is InChI=1S/C24H22N4O3S/c1-3-28(20-7-5-4-6-8-20)32(29,30)22-11-9-21(10-12-22)31-23-17-18(2)26-24(27-23)19-13-15-25-16-14-19/h4-17H,3H2,1-2H3. The van der Waals surface area contributed by atoms with Gasteiger partial charge in [0, 0.05) is 36.3 Å². The van der Waals surface area contributed by atoms with Gasteiger partial charge < -0.3 is 4.74 Å². The van der Waals surface area contributed by atoms with Gasteiger partial charge in [0.2, 0.25) is 5.88 Å². The molecule has 0 aliphatic rings. The first-order chi connectivity index (χ1) is 15.5. The molecule has 4 rings (SSSR count). The molecule has 0 saturated carbocycles. The Morgan fingerprint density at radius 1 is 0.906 bits per heavy atom. The van der Waals surface area contributed by atoms with E-state index in [0.29, 0.717) is 29.7 Å². The molecule has 0 radical (unpaired) electrons. The summed E-state index contributed by atoms with van der Waals surface area (Å²) in [5.74, 6) is 1.38. The Bertz CT molecular complexity index is 1300. The molecule has 32 heavy (non-hydrogen) atoms. The van der Waals surface area contributed by atoms with Gasteiger partial charge in [-0.3, -0.25) is 9.29 Å². The molecular weight excluding hydrogens is 424 g/mol. The van der Waals surface area contributed by atoms with Crippen LogP contribution in [0.3, 0.4) is 0 Å². The molecule has 162 valence electrons. The van der Waals surface area contributed by atoms with Crippen molar-refractivity contribution < 1.29 is 13.2 Å². The van der Waals surface area contributed by atoms with Crippen molar-refractivity contribution in [2.24, 2.45) is 0 Å². The van der Waals surface area contributed by atoms with Crippen LogP contribution in [0.5, 0.6) is 11.6 Å². The van der Waals surface area contributed by atoms with E-state index < -0.39 is 10.0 Å². The van der Waals surface area contributed by atoms with E-state index >= 15 is 0 Å². The van der Waals surface area contributed by atoms with Crippen molar-refractivity contribution in [2.75, 3.05) is 10.8 Å². The fraction of sp³-hybridized carbons (Fsp3) is 0.125. The van der Waals surface area contributed by atoms with Crippen molar-refractivity contribution in [3.63, 3.8) is 0 Å². The van der Waals surface area contributed by atoms with E-state index in [-0.39, 0.29) is 4.90 Å². The molecule has 0 spiro atoms. The second-order valence-corrected chi connectivity index (χ2v) is 8.85. The topological polar surface area (TPSA) is 85.3 Å². The van der Waals surface area contributed by atoms with Gasteiger partial charge in [-0.2, -0.15) is 4.98 Å². The molecule has 2 aromatic carbocycles. The number of hydrogen-bond acceptors (Lipinski definition) is 6. The number of anilines is 1. The van der Waals surface area contributed by atoms with E-state index in [2.05, 4.69) is 15.0 Å². The molecule has 0 saturated heterocycles. The van der Waals surface area contributed by atoms with Crippen LogP contribution >= 0.6 is 0 Å². The lowest BCUT2D eigenvalue weighted by atomic mass is 10.2. The van der Waals surface area contributed by atoms with Gasteiger partial charge in [-0.15, -0.1) is 0 Å². The summed E-state index contributed by atoms with van der Waals surface area (Å²) in [7, 11) is -3.70. The number of ether oxygens (including phenoxy) is 1. The summed E-state index contributed by atoms with van der Waals surface area (Å²) in [5, 5.41) is 0. The summed E-state index contributed by atoms with van der Waals surface area (Å²) in [5.41, 5.74) is 2.20. The Kier molecular flexibility index (Phi) is 6.13. The predicted octanol–water partition coefficient (Wildman–Crippen LogP) is 4.85. The zero-order valence-corrected chi connectivity index (χ0v) is 18.5. The van der Waals surface area contributed by atoms with Gasteiger partial charge in [-0.25, -0.2) is 13.4 Å². The highest BCUT2D eigenvalue weighted by Crippen LogP contribution is 2.27. The minimum absolute atomic E-state index is 0.187. The van der Waals surface area contributed by atoms with Crippen molar-refractivity contribution in [3.05, 3.63) is 90.9 Å². The van der Waals surface area contributed by atoms with Crippen molar-refractivity contribution in [1.29, 1.82) is 0 Å². The van der Waals surface area contributed by atoms with Crippen LogP contribution < -0.4 is 9.04 Å². The summed E-state index contributed by atoms with van der Waals surface area (Å²) >= 11 is 0. The van der Waals surface area contributed by atoms with Crippen molar-refractivity contribution >= 4 is 15.7 Å². The summed E-state index contributed by atoms with van der Waals surface area (Å²) in [6, 6.07) is 20.7. The van der Waals surface area contributed by atoms with Crippen LogP contribution in [0.15, 0.2) is 90.1 Å². The first kappa shape index (κ1) is 21.5. The Morgan fingerprint density at radius 3 is 2.25 bits per heavy atom. The lowest BCUT2D eigenvalue weighted by Gasteiger charge is -2.23. The molecule has 0 fully saturated rings. The van der Waals surface area contributed by atoms with Crippen LogP contribution in [0.2, 0.25) is 0 Å². The maximum Gasteiger partial charge on any atom is 0.264 e. The van der Waals surface area contributed by atoms with Gasteiger partial charge in [-0.1, -0.05) is 18.2 Å². The molecule has 0 aliphatic carbocycles.